The van der Waals surface area contributed by atoms with Gasteiger partial charge in [-0.05, 0) is 43.5 Å². The molecule has 0 atom stereocenters. The van der Waals surface area contributed by atoms with E-state index in [1.807, 2.05) is 30.3 Å². The highest BCUT2D eigenvalue weighted by Gasteiger charge is 2.12. The Morgan fingerprint density at radius 3 is 2.60 bits per heavy atom. The van der Waals surface area contributed by atoms with E-state index in [1.54, 1.807) is 0 Å². The number of hydrogen-bond donors (Lipinski definition) is 2. The van der Waals surface area contributed by atoms with Crippen LogP contribution in [0, 0.1) is 0 Å². The fourth-order valence-electron chi connectivity index (χ4n) is 2.04. The summed E-state index contributed by atoms with van der Waals surface area (Å²) < 4.78 is 0.965. The molecule has 4 nitrogen and oxygen atoms in total. The second-order valence-corrected chi connectivity index (χ2v) is 5.60. The summed E-state index contributed by atoms with van der Waals surface area (Å²) in [5, 5.41) is 5.56. The molecule has 0 unspecified atom stereocenters. The number of allylic oxidation sites excluding steroid dienone is 1. The van der Waals surface area contributed by atoms with Gasteiger partial charge in [0.25, 0.3) is 0 Å². The van der Waals surface area contributed by atoms with Crippen molar-refractivity contribution >= 4 is 33.4 Å². The molecule has 2 N–H and O–H groups in total. The average Bonchev–Trinajstić information content (AvgIpc) is 2.95. The Hall–Kier alpha value is -1.62. The van der Waals surface area contributed by atoms with Crippen molar-refractivity contribution in [3.05, 3.63) is 40.4 Å². The maximum atomic E-state index is 11.7. The molecular weight excluding hydrogens is 320 g/mol. The first-order valence-electron chi connectivity index (χ1n) is 6.68. The van der Waals surface area contributed by atoms with Crippen LogP contribution in [0.1, 0.15) is 25.7 Å². The summed E-state index contributed by atoms with van der Waals surface area (Å²) in [6.07, 6.45) is 5.11. The molecule has 0 saturated heterocycles. The summed E-state index contributed by atoms with van der Waals surface area (Å²) in [6, 6.07) is 7.38. The molecule has 1 aromatic rings. The van der Waals surface area contributed by atoms with Gasteiger partial charge in [-0.2, -0.15) is 0 Å². The van der Waals surface area contributed by atoms with E-state index in [-0.39, 0.29) is 18.2 Å². The van der Waals surface area contributed by atoms with Gasteiger partial charge in [0.15, 0.2) is 0 Å². The number of amides is 2. The zero-order valence-electron chi connectivity index (χ0n) is 11.1. The summed E-state index contributed by atoms with van der Waals surface area (Å²) in [5.41, 5.74) is 1.60. The number of hydrogen-bond acceptors (Lipinski definition) is 2. The normalized spacial score (nSPS) is 13.8. The van der Waals surface area contributed by atoms with Gasteiger partial charge in [-0.1, -0.05) is 22.0 Å². The first-order valence-corrected chi connectivity index (χ1v) is 7.47. The molecule has 2 amide bonds. The number of carbonyl (C=O) groups excluding carboxylic acids is 2. The molecule has 0 aliphatic heterocycles. The number of halogens is 1. The predicted octanol–water partition coefficient (Wildman–Crippen LogP) is 3.00. The zero-order chi connectivity index (χ0) is 14.4. The molecular formula is C15H17BrN2O2. The third-order valence-corrected chi connectivity index (χ3v) is 3.63. The number of anilines is 1. The Balaban J connectivity index is 1.70. The van der Waals surface area contributed by atoms with Crippen LogP contribution in [0.5, 0.6) is 0 Å². The van der Waals surface area contributed by atoms with E-state index in [2.05, 4.69) is 26.6 Å². The number of carbonyl (C=O) groups is 2. The van der Waals surface area contributed by atoms with Crippen LogP contribution in [0.4, 0.5) is 5.69 Å². The summed E-state index contributed by atoms with van der Waals surface area (Å²) in [7, 11) is 0. The van der Waals surface area contributed by atoms with Gasteiger partial charge in [-0.25, -0.2) is 0 Å². The third kappa shape index (κ3) is 4.49. The van der Waals surface area contributed by atoms with Crippen molar-refractivity contribution in [1.82, 2.24) is 5.32 Å². The van der Waals surface area contributed by atoms with Crippen LogP contribution in [0.25, 0.3) is 0 Å². The number of nitrogens with one attached hydrogen (secondary N) is 2. The Morgan fingerprint density at radius 1 is 1.20 bits per heavy atom. The maximum absolute atomic E-state index is 11.7. The molecule has 5 heteroatoms. The van der Waals surface area contributed by atoms with Crippen LogP contribution < -0.4 is 10.6 Å². The van der Waals surface area contributed by atoms with Gasteiger partial charge >= 0.3 is 0 Å². The Morgan fingerprint density at radius 2 is 1.95 bits per heavy atom. The number of rotatable bonds is 5. The lowest BCUT2D eigenvalue weighted by Crippen LogP contribution is -2.28. The predicted molar refractivity (Wildman–Crippen MR) is 82.3 cm³/mol. The van der Waals surface area contributed by atoms with E-state index in [9.17, 15) is 9.59 Å². The molecule has 0 aromatic heterocycles. The van der Waals surface area contributed by atoms with Gasteiger partial charge in [0.1, 0.15) is 0 Å². The van der Waals surface area contributed by atoms with E-state index < -0.39 is 0 Å². The third-order valence-electron chi connectivity index (χ3n) is 3.10. The van der Waals surface area contributed by atoms with Crippen LogP contribution in [-0.4, -0.2) is 18.4 Å². The molecule has 0 bridgehead atoms. The standard InChI is InChI=1S/C15H17BrN2O2/c16-12-5-7-13(8-6-12)18-14(19)9-10-17-15(20)11-3-1-2-4-11/h3,5-8H,1-2,4,9-10H2,(H,17,20)(H,18,19). The molecule has 1 aliphatic carbocycles. The van der Waals surface area contributed by atoms with Crippen molar-refractivity contribution in [1.29, 1.82) is 0 Å². The minimum absolute atomic E-state index is 0.0426. The van der Waals surface area contributed by atoms with Gasteiger partial charge in [0, 0.05) is 28.7 Å². The lowest BCUT2D eigenvalue weighted by atomic mass is 10.2. The molecule has 1 aliphatic rings. The van der Waals surface area contributed by atoms with Crippen molar-refractivity contribution in [2.75, 3.05) is 11.9 Å². The van der Waals surface area contributed by atoms with Crippen molar-refractivity contribution in [2.45, 2.75) is 25.7 Å². The summed E-state index contributed by atoms with van der Waals surface area (Å²) in [5.74, 6) is -0.146. The summed E-state index contributed by atoms with van der Waals surface area (Å²) in [6.45, 7) is 0.360. The Bertz CT molecular complexity index is 523. The van der Waals surface area contributed by atoms with Crippen molar-refractivity contribution < 1.29 is 9.59 Å². The van der Waals surface area contributed by atoms with Crippen LogP contribution in [0.2, 0.25) is 0 Å². The molecule has 0 fully saturated rings. The highest BCUT2D eigenvalue weighted by atomic mass is 79.9. The molecule has 0 saturated carbocycles. The van der Waals surface area contributed by atoms with E-state index in [0.29, 0.717) is 6.54 Å². The Kier molecular flexibility index (Phi) is 5.35. The number of benzene rings is 1. The highest BCUT2D eigenvalue weighted by Crippen LogP contribution is 2.17. The first kappa shape index (κ1) is 14.8. The zero-order valence-corrected chi connectivity index (χ0v) is 12.7. The first-order chi connectivity index (χ1) is 9.65. The van der Waals surface area contributed by atoms with Crippen LogP contribution >= 0.6 is 15.9 Å². The topological polar surface area (TPSA) is 58.2 Å². The molecule has 106 valence electrons. The van der Waals surface area contributed by atoms with Crippen LogP contribution in [0.3, 0.4) is 0 Å². The van der Waals surface area contributed by atoms with Crippen molar-refractivity contribution in [3.63, 3.8) is 0 Å². The van der Waals surface area contributed by atoms with Crippen molar-refractivity contribution in [2.24, 2.45) is 0 Å². The maximum Gasteiger partial charge on any atom is 0.246 e. The molecule has 0 radical (unpaired) electrons. The van der Waals surface area contributed by atoms with Gasteiger partial charge < -0.3 is 10.6 Å². The van der Waals surface area contributed by atoms with E-state index >= 15 is 0 Å². The minimum Gasteiger partial charge on any atom is -0.352 e. The van der Waals surface area contributed by atoms with Crippen LogP contribution in [0.15, 0.2) is 40.4 Å². The summed E-state index contributed by atoms with van der Waals surface area (Å²) >= 11 is 3.34. The largest absolute Gasteiger partial charge is 0.352 e. The van der Waals surface area contributed by atoms with E-state index in [4.69, 9.17) is 0 Å². The van der Waals surface area contributed by atoms with Gasteiger partial charge in [-0.3, -0.25) is 9.59 Å². The molecule has 0 heterocycles. The minimum atomic E-state index is -0.104. The molecule has 0 spiro atoms. The van der Waals surface area contributed by atoms with Crippen LogP contribution in [-0.2, 0) is 9.59 Å². The monoisotopic (exact) mass is 336 g/mol. The van der Waals surface area contributed by atoms with E-state index in [1.165, 1.54) is 0 Å². The quantitative estimate of drug-likeness (QED) is 0.868. The van der Waals surface area contributed by atoms with Gasteiger partial charge in [0.2, 0.25) is 11.8 Å². The Labute approximate surface area is 126 Å². The van der Waals surface area contributed by atoms with E-state index in [0.717, 1.165) is 35.0 Å². The fourth-order valence-corrected chi connectivity index (χ4v) is 2.30. The van der Waals surface area contributed by atoms with Gasteiger partial charge in [-0.15, -0.1) is 0 Å². The lowest BCUT2D eigenvalue weighted by molar-refractivity contribution is -0.118. The lowest BCUT2D eigenvalue weighted by Gasteiger charge is -2.07. The SMILES string of the molecule is O=C(CCNC(=O)C1=CCCC1)Nc1ccc(Br)cc1. The molecule has 2 rings (SSSR count). The molecule has 1 aromatic carbocycles. The average molecular weight is 337 g/mol. The summed E-state index contributed by atoms with van der Waals surface area (Å²) in [4.78, 5) is 23.4. The molecule has 20 heavy (non-hydrogen) atoms. The van der Waals surface area contributed by atoms with Gasteiger partial charge in [0.05, 0.1) is 0 Å². The smallest absolute Gasteiger partial charge is 0.246 e. The fraction of sp³-hybridized carbons (Fsp3) is 0.333. The second kappa shape index (κ2) is 7.24. The highest BCUT2D eigenvalue weighted by molar-refractivity contribution is 9.10. The van der Waals surface area contributed by atoms with Crippen molar-refractivity contribution in [3.8, 4) is 0 Å². The second-order valence-electron chi connectivity index (χ2n) is 4.68.